The van der Waals surface area contributed by atoms with E-state index < -0.39 is 29.7 Å². The summed E-state index contributed by atoms with van der Waals surface area (Å²) in [5, 5.41) is 10.5. The van der Waals surface area contributed by atoms with E-state index in [1.54, 1.807) is 36.5 Å². The molecule has 4 aliphatic rings. The number of aromatic nitrogens is 4. The molecule has 2 aromatic carbocycles. The van der Waals surface area contributed by atoms with Crippen LogP contribution >= 0.6 is 0 Å². The van der Waals surface area contributed by atoms with Gasteiger partial charge in [0.1, 0.15) is 29.2 Å². The zero-order valence-electron chi connectivity index (χ0n) is 33.1. The number of nitrogens with one attached hydrogen (secondary N) is 2. The van der Waals surface area contributed by atoms with Crippen LogP contribution in [0, 0.1) is 5.82 Å². The highest BCUT2D eigenvalue weighted by molar-refractivity contribution is 6.25. The van der Waals surface area contributed by atoms with Gasteiger partial charge in [-0.1, -0.05) is 30.7 Å². The minimum atomic E-state index is -1.02. The molecule has 0 radical (unpaired) electrons. The molecule has 2 N–H and O–H groups in total. The van der Waals surface area contributed by atoms with E-state index in [1.165, 1.54) is 6.07 Å². The number of carbonyl (C=O) groups is 5. The number of nitrogens with zero attached hydrogens (tertiary/aromatic N) is 8. The summed E-state index contributed by atoms with van der Waals surface area (Å²) in [5.74, 6) is -0.637. The highest BCUT2D eigenvalue weighted by Crippen LogP contribution is 2.36. The SMILES string of the molecule is O=C1CCC(N2C(=O)c3cccc(NCCCCCC(=O)N4CCN(c5cccc(-c6cnc7ccc(N8CCCC8c8cccc(F)c8)nn67)n5)CC4)c3C2=O)C(=O)N1. The van der Waals surface area contributed by atoms with Crippen LogP contribution in [0.2, 0.25) is 0 Å². The summed E-state index contributed by atoms with van der Waals surface area (Å²) >= 11 is 0. The Balaban J connectivity index is 0.753. The molecule has 0 saturated carbocycles. The molecule has 5 aromatic rings. The van der Waals surface area contributed by atoms with Crippen LogP contribution in [0.25, 0.3) is 17.0 Å². The summed E-state index contributed by atoms with van der Waals surface area (Å²) in [6.07, 6.45) is 6.57. The van der Waals surface area contributed by atoms with E-state index in [4.69, 9.17) is 10.1 Å². The Morgan fingerprint density at radius 1 is 0.833 bits per heavy atom. The van der Waals surface area contributed by atoms with E-state index >= 15 is 0 Å². The van der Waals surface area contributed by atoms with Gasteiger partial charge in [-0.25, -0.2) is 18.9 Å². The van der Waals surface area contributed by atoms with Crippen molar-refractivity contribution < 1.29 is 28.4 Å². The molecule has 15 nitrogen and oxygen atoms in total. The number of piperazine rings is 1. The summed E-state index contributed by atoms with van der Waals surface area (Å²) in [6, 6.07) is 20.7. The monoisotopic (exact) mass is 812 g/mol. The fourth-order valence-electron chi connectivity index (χ4n) is 8.84. The number of halogens is 1. The van der Waals surface area contributed by atoms with Gasteiger partial charge in [-0.05, 0) is 86.2 Å². The van der Waals surface area contributed by atoms with Crippen molar-refractivity contribution >= 4 is 52.5 Å². The fraction of sp³-hybridized carbons (Fsp3) is 0.364. The minimum Gasteiger partial charge on any atom is -0.384 e. The molecule has 9 rings (SSSR count). The number of imidazole rings is 1. The van der Waals surface area contributed by atoms with E-state index in [2.05, 4.69) is 25.4 Å². The zero-order chi connectivity index (χ0) is 41.3. The predicted molar refractivity (Wildman–Crippen MR) is 221 cm³/mol. The van der Waals surface area contributed by atoms with Gasteiger partial charge in [0.2, 0.25) is 17.7 Å². The van der Waals surface area contributed by atoms with Crippen LogP contribution in [0.4, 0.5) is 21.7 Å². The number of imide groups is 2. The largest absolute Gasteiger partial charge is 0.384 e. The zero-order valence-corrected chi connectivity index (χ0v) is 33.1. The molecule has 0 bridgehead atoms. The lowest BCUT2D eigenvalue weighted by Crippen LogP contribution is -2.54. The second-order valence-electron chi connectivity index (χ2n) is 15.7. The van der Waals surface area contributed by atoms with Gasteiger partial charge in [-0.3, -0.25) is 34.2 Å². The molecule has 16 heteroatoms. The lowest BCUT2D eigenvalue weighted by Gasteiger charge is -2.35. The van der Waals surface area contributed by atoms with Crippen molar-refractivity contribution in [3.8, 4) is 11.4 Å². The van der Waals surface area contributed by atoms with Crippen molar-refractivity contribution in [2.45, 2.75) is 63.5 Å². The molecule has 4 aliphatic heterocycles. The van der Waals surface area contributed by atoms with Crippen LogP contribution in [0.15, 0.2) is 79.0 Å². The number of anilines is 3. The Morgan fingerprint density at radius 3 is 2.50 bits per heavy atom. The first kappa shape index (κ1) is 38.8. The van der Waals surface area contributed by atoms with Gasteiger partial charge in [0.25, 0.3) is 11.8 Å². The molecule has 60 heavy (non-hydrogen) atoms. The number of carbonyl (C=O) groups excluding carboxylic acids is 5. The molecule has 3 fully saturated rings. The third-order valence-corrected chi connectivity index (χ3v) is 11.9. The van der Waals surface area contributed by atoms with Gasteiger partial charge in [-0.15, -0.1) is 5.10 Å². The Bertz CT molecular complexity index is 2500. The molecule has 308 valence electrons. The lowest BCUT2D eigenvalue weighted by atomic mass is 10.0. The number of pyridine rings is 1. The van der Waals surface area contributed by atoms with Crippen LogP contribution in [-0.2, 0) is 14.4 Å². The molecule has 7 heterocycles. The van der Waals surface area contributed by atoms with Gasteiger partial charge >= 0.3 is 0 Å². The second kappa shape index (κ2) is 16.5. The van der Waals surface area contributed by atoms with Crippen molar-refractivity contribution in [2.75, 3.05) is 54.4 Å². The van der Waals surface area contributed by atoms with E-state index in [0.29, 0.717) is 50.5 Å². The third kappa shape index (κ3) is 7.53. The fourth-order valence-corrected chi connectivity index (χ4v) is 8.84. The lowest BCUT2D eigenvalue weighted by molar-refractivity contribution is -0.136. The predicted octanol–water partition coefficient (Wildman–Crippen LogP) is 4.99. The second-order valence-corrected chi connectivity index (χ2v) is 15.7. The highest BCUT2D eigenvalue weighted by Gasteiger charge is 2.45. The quantitative estimate of drug-likeness (QED) is 0.129. The highest BCUT2D eigenvalue weighted by atomic mass is 19.1. The maximum Gasteiger partial charge on any atom is 0.264 e. The summed E-state index contributed by atoms with van der Waals surface area (Å²) in [7, 11) is 0. The number of rotatable bonds is 12. The maximum absolute atomic E-state index is 14.1. The summed E-state index contributed by atoms with van der Waals surface area (Å²) in [5.41, 5.74) is 4.16. The first-order valence-corrected chi connectivity index (χ1v) is 20.7. The normalized spacial score (nSPS) is 19.4. The number of benzene rings is 2. The third-order valence-electron chi connectivity index (χ3n) is 11.9. The van der Waals surface area contributed by atoms with Crippen molar-refractivity contribution in [2.24, 2.45) is 0 Å². The number of hydrogen-bond donors (Lipinski definition) is 2. The van der Waals surface area contributed by atoms with E-state index in [1.807, 2.05) is 45.8 Å². The van der Waals surface area contributed by atoms with Crippen LogP contribution in [0.1, 0.15) is 83.7 Å². The number of unbranched alkanes of at least 4 members (excludes halogenated alkanes) is 2. The molecular formula is C44H45FN10O5. The van der Waals surface area contributed by atoms with Crippen LogP contribution < -0.4 is 20.4 Å². The van der Waals surface area contributed by atoms with E-state index in [-0.39, 0.29) is 41.7 Å². The summed E-state index contributed by atoms with van der Waals surface area (Å²) < 4.78 is 15.9. The maximum atomic E-state index is 14.1. The molecule has 2 unspecified atom stereocenters. The van der Waals surface area contributed by atoms with Gasteiger partial charge in [0.15, 0.2) is 5.65 Å². The number of fused-ring (bicyclic) bond motifs is 2. The van der Waals surface area contributed by atoms with Gasteiger partial charge < -0.3 is 20.0 Å². The Labute approximate surface area is 345 Å². The number of piperidine rings is 1. The molecular weight excluding hydrogens is 768 g/mol. The van der Waals surface area contributed by atoms with Crippen molar-refractivity contribution in [1.82, 2.24) is 34.7 Å². The van der Waals surface area contributed by atoms with E-state index in [0.717, 1.165) is 72.1 Å². The molecule has 5 amide bonds. The Kier molecular flexibility index (Phi) is 10.7. The molecule has 2 atom stereocenters. The van der Waals surface area contributed by atoms with Crippen LogP contribution in [-0.4, -0.2) is 104 Å². The van der Waals surface area contributed by atoms with Crippen molar-refractivity contribution in [1.29, 1.82) is 0 Å². The van der Waals surface area contributed by atoms with E-state index in [9.17, 15) is 28.4 Å². The number of amides is 5. The average molecular weight is 813 g/mol. The van der Waals surface area contributed by atoms with Gasteiger partial charge in [0.05, 0.1) is 29.1 Å². The number of hydrogen-bond acceptors (Lipinski definition) is 11. The van der Waals surface area contributed by atoms with Crippen molar-refractivity contribution in [3.63, 3.8) is 0 Å². The average Bonchev–Trinajstić information content (AvgIpc) is 3.99. The molecule has 3 saturated heterocycles. The molecule has 0 aliphatic carbocycles. The van der Waals surface area contributed by atoms with Crippen molar-refractivity contribution in [3.05, 3.63) is 102 Å². The Hall–Kier alpha value is -6.71. The standard InChI is InChI=1S/C44H45FN10O5/c45-29-9-4-8-28(26-29)33-13-7-21-53(33)38-18-17-36-47-27-35(55(36)50-38)31-11-6-14-37(48-31)51-22-24-52(25-23-51)40(57)15-2-1-3-20-46-32-12-5-10-30-41(32)44(60)54(43(30)59)34-16-19-39(56)49-42(34)58/h4-6,8-12,14,17-18,26-27,33-34,46H,1-3,7,13,15-16,19-25H2,(H,49,56,58). The van der Waals surface area contributed by atoms with Gasteiger partial charge in [0, 0.05) is 57.8 Å². The molecule has 0 spiro atoms. The smallest absolute Gasteiger partial charge is 0.264 e. The molecule has 3 aromatic heterocycles. The first-order valence-electron chi connectivity index (χ1n) is 20.7. The summed E-state index contributed by atoms with van der Waals surface area (Å²) in [6.45, 7) is 3.86. The van der Waals surface area contributed by atoms with Gasteiger partial charge in [-0.2, -0.15) is 0 Å². The summed E-state index contributed by atoms with van der Waals surface area (Å²) in [4.78, 5) is 80.6. The topological polar surface area (TPSA) is 165 Å². The Morgan fingerprint density at radius 2 is 1.67 bits per heavy atom. The minimum absolute atomic E-state index is 0.0430. The van der Waals surface area contributed by atoms with Crippen LogP contribution in [0.3, 0.4) is 0 Å². The first-order chi connectivity index (χ1) is 29.2. The van der Waals surface area contributed by atoms with Crippen LogP contribution in [0.5, 0.6) is 0 Å².